The van der Waals surface area contributed by atoms with Gasteiger partial charge in [0.15, 0.2) is 6.10 Å². The second kappa shape index (κ2) is 44.1. The van der Waals surface area contributed by atoms with Gasteiger partial charge in [0.05, 0.1) is 0 Å². The lowest BCUT2D eigenvalue weighted by Gasteiger charge is -2.18. The molecule has 0 N–H and O–H groups in total. The number of rotatable bonds is 41. The maximum atomic E-state index is 12.7. The molecule has 1 atom stereocenters. The molecule has 0 aliphatic carbocycles. The van der Waals surface area contributed by atoms with Gasteiger partial charge >= 0.3 is 17.9 Å². The number of allylic oxidation sites excluding steroid dienone is 8. The maximum Gasteiger partial charge on any atom is 0.306 e. The average molecular weight is 771 g/mol. The zero-order valence-corrected chi connectivity index (χ0v) is 36.2. The summed E-state index contributed by atoms with van der Waals surface area (Å²) in [6.07, 6.45) is 50.9. The van der Waals surface area contributed by atoms with Crippen molar-refractivity contribution in [2.24, 2.45) is 0 Å². The fourth-order valence-electron chi connectivity index (χ4n) is 6.36. The number of ether oxygens (including phenoxy) is 3. The first-order valence-electron chi connectivity index (χ1n) is 23.2. The summed E-state index contributed by atoms with van der Waals surface area (Å²) in [5, 5.41) is 0. The Morgan fingerprint density at radius 2 is 0.745 bits per heavy atom. The van der Waals surface area contributed by atoms with Gasteiger partial charge in [-0.25, -0.2) is 0 Å². The fourth-order valence-corrected chi connectivity index (χ4v) is 6.36. The van der Waals surface area contributed by atoms with Crippen LogP contribution in [0.1, 0.15) is 226 Å². The summed E-state index contributed by atoms with van der Waals surface area (Å²) in [6.45, 7) is 6.43. The molecule has 0 saturated carbocycles. The topological polar surface area (TPSA) is 78.9 Å². The zero-order valence-electron chi connectivity index (χ0n) is 36.2. The van der Waals surface area contributed by atoms with Gasteiger partial charge in [-0.1, -0.05) is 198 Å². The maximum absolute atomic E-state index is 12.7. The fraction of sp³-hybridized carbons (Fsp3) is 0.776. The van der Waals surface area contributed by atoms with Crippen molar-refractivity contribution in [1.29, 1.82) is 0 Å². The summed E-state index contributed by atoms with van der Waals surface area (Å²) in [5.74, 6) is -0.918. The van der Waals surface area contributed by atoms with Crippen LogP contribution in [0.4, 0.5) is 0 Å². The van der Waals surface area contributed by atoms with Crippen LogP contribution in [0.3, 0.4) is 0 Å². The highest BCUT2D eigenvalue weighted by atomic mass is 16.6. The van der Waals surface area contributed by atoms with Crippen molar-refractivity contribution in [3.8, 4) is 0 Å². The molecule has 0 radical (unpaired) electrons. The molecule has 6 heteroatoms. The minimum atomic E-state index is -0.783. The molecule has 0 saturated heterocycles. The Hall–Kier alpha value is -2.63. The molecule has 0 bridgehead atoms. The van der Waals surface area contributed by atoms with Crippen LogP contribution in [-0.2, 0) is 28.6 Å². The highest BCUT2D eigenvalue weighted by molar-refractivity contribution is 5.71. The van der Waals surface area contributed by atoms with E-state index in [1.165, 1.54) is 83.5 Å². The number of carbonyl (C=O) groups is 3. The number of unbranched alkanes of at least 4 members (excludes halogenated alkanes) is 24. The summed E-state index contributed by atoms with van der Waals surface area (Å²) in [5.41, 5.74) is 0. The predicted molar refractivity (Wildman–Crippen MR) is 233 cm³/mol. The van der Waals surface area contributed by atoms with Crippen molar-refractivity contribution in [2.75, 3.05) is 13.2 Å². The first-order chi connectivity index (χ1) is 27.0. The van der Waals surface area contributed by atoms with Gasteiger partial charge in [0, 0.05) is 19.3 Å². The predicted octanol–water partition coefficient (Wildman–Crippen LogP) is 14.8. The number of hydrogen-bond acceptors (Lipinski definition) is 6. The van der Waals surface area contributed by atoms with Crippen LogP contribution in [0.2, 0.25) is 0 Å². The third kappa shape index (κ3) is 42.4. The van der Waals surface area contributed by atoms with Gasteiger partial charge in [-0.05, 0) is 57.8 Å². The molecule has 0 rings (SSSR count). The van der Waals surface area contributed by atoms with Gasteiger partial charge in [-0.2, -0.15) is 0 Å². The van der Waals surface area contributed by atoms with Crippen molar-refractivity contribution >= 4 is 17.9 Å². The first-order valence-corrected chi connectivity index (χ1v) is 23.2. The highest BCUT2D eigenvalue weighted by Crippen LogP contribution is 2.15. The lowest BCUT2D eigenvalue weighted by Crippen LogP contribution is -2.30. The van der Waals surface area contributed by atoms with Crippen molar-refractivity contribution in [2.45, 2.75) is 232 Å². The molecule has 318 valence electrons. The Kier molecular flexibility index (Phi) is 42.0. The van der Waals surface area contributed by atoms with Crippen LogP contribution in [0, 0.1) is 0 Å². The Morgan fingerprint density at radius 1 is 0.382 bits per heavy atom. The molecular formula is C49H86O6. The van der Waals surface area contributed by atoms with E-state index in [1.54, 1.807) is 0 Å². The van der Waals surface area contributed by atoms with Gasteiger partial charge in [0.1, 0.15) is 13.2 Å². The van der Waals surface area contributed by atoms with E-state index in [2.05, 4.69) is 69.4 Å². The zero-order chi connectivity index (χ0) is 40.1. The lowest BCUT2D eigenvalue weighted by molar-refractivity contribution is -0.167. The van der Waals surface area contributed by atoms with Crippen molar-refractivity contribution < 1.29 is 28.6 Å². The average Bonchev–Trinajstić information content (AvgIpc) is 3.18. The molecule has 0 aliphatic rings. The smallest absolute Gasteiger partial charge is 0.306 e. The normalized spacial score (nSPS) is 12.4. The van der Waals surface area contributed by atoms with Gasteiger partial charge in [-0.3, -0.25) is 14.4 Å². The van der Waals surface area contributed by atoms with Crippen molar-refractivity contribution in [3.05, 3.63) is 48.6 Å². The molecule has 0 aliphatic heterocycles. The molecule has 0 amide bonds. The lowest BCUT2D eigenvalue weighted by atomic mass is 10.0. The third-order valence-electron chi connectivity index (χ3n) is 9.88. The van der Waals surface area contributed by atoms with E-state index >= 15 is 0 Å². The number of carbonyl (C=O) groups excluding carboxylic acids is 3. The Balaban J connectivity index is 4.39. The summed E-state index contributed by atoms with van der Waals surface area (Å²) >= 11 is 0. The van der Waals surface area contributed by atoms with E-state index in [-0.39, 0.29) is 31.1 Å². The largest absolute Gasteiger partial charge is 0.462 e. The van der Waals surface area contributed by atoms with Crippen LogP contribution >= 0.6 is 0 Å². The standard InChI is InChI=1S/C49H86O6/c1-4-7-10-13-16-19-22-24-26-27-30-33-36-39-42-48(51)54-45-46(44-53-47(50)41-38-35-32-29-21-18-15-12-9-6-3)55-49(52)43-40-37-34-31-28-25-23-20-17-14-11-8-5-2/h8,11,14-15,17-18,20,23,46H,4-7,9-10,12-13,16,19,21-22,24-45H2,1-3H3/b11-8-,17-14-,18-15-,23-20-. The van der Waals surface area contributed by atoms with Crippen LogP contribution in [0.5, 0.6) is 0 Å². The Bertz CT molecular complexity index is 980. The van der Waals surface area contributed by atoms with Crippen molar-refractivity contribution in [3.63, 3.8) is 0 Å². The van der Waals surface area contributed by atoms with E-state index in [0.29, 0.717) is 19.3 Å². The second-order valence-electron chi connectivity index (χ2n) is 15.3. The van der Waals surface area contributed by atoms with Gasteiger partial charge in [0.2, 0.25) is 0 Å². The van der Waals surface area contributed by atoms with E-state index < -0.39 is 6.10 Å². The number of esters is 3. The highest BCUT2D eigenvalue weighted by Gasteiger charge is 2.19. The molecule has 6 nitrogen and oxygen atoms in total. The molecule has 0 aromatic carbocycles. The van der Waals surface area contributed by atoms with Crippen LogP contribution < -0.4 is 0 Å². The minimum Gasteiger partial charge on any atom is -0.462 e. The third-order valence-corrected chi connectivity index (χ3v) is 9.88. The monoisotopic (exact) mass is 771 g/mol. The first kappa shape index (κ1) is 52.4. The van der Waals surface area contributed by atoms with E-state index in [9.17, 15) is 14.4 Å². The van der Waals surface area contributed by atoms with E-state index in [1.807, 2.05) is 0 Å². The number of hydrogen-bond donors (Lipinski definition) is 0. The molecule has 0 aromatic rings. The molecule has 0 aromatic heterocycles. The Labute approximate surface area is 339 Å². The van der Waals surface area contributed by atoms with Crippen LogP contribution in [0.25, 0.3) is 0 Å². The molecule has 1 unspecified atom stereocenters. The van der Waals surface area contributed by atoms with E-state index in [0.717, 1.165) is 103 Å². The second-order valence-corrected chi connectivity index (χ2v) is 15.3. The van der Waals surface area contributed by atoms with Gasteiger partial charge in [-0.15, -0.1) is 0 Å². The SMILES string of the molecule is CC\C=C/C=C\C=C/CCCCCCCC(=O)OC(COC(=O)CCCCCC/C=C\CCCC)COC(=O)CCCCCCCCCCCCCCCC. The van der Waals surface area contributed by atoms with Crippen molar-refractivity contribution in [1.82, 2.24) is 0 Å². The van der Waals surface area contributed by atoms with Gasteiger partial charge in [0.25, 0.3) is 0 Å². The van der Waals surface area contributed by atoms with Gasteiger partial charge < -0.3 is 14.2 Å². The quantitative estimate of drug-likeness (QED) is 0.0202. The molecule has 0 spiro atoms. The summed E-state index contributed by atoms with van der Waals surface area (Å²) in [6, 6.07) is 0. The van der Waals surface area contributed by atoms with E-state index in [4.69, 9.17) is 14.2 Å². The Morgan fingerprint density at radius 3 is 1.20 bits per heavy atom. The molecular weight excluding hydrogens is 685 g/mol. The summed E-state index contributed by atoms with van der Waals surface area (Å²) < 4.78 is 16.7. The molecule has 0 fully saturated rings. The molecule has 55 heavy (non-hydrogen) atoms. The van der Waals surface area contributed by atoms with Crippen LogP contribution in [-0.4, -0.2) is 37.2 Å². The van der Waals surface area contributed by atoms with Crippen LogP contribution in [0.15, 0.2) is 48.6 Å². The molecule has 0 heterocycles. The minimum absolute atomic E-state index is 0.0835. The summed E-state index contributed by atoms with van der Waals surface area (Å²) in [7, 11) is 0. The summed E-state index contributed by atoms with van der Waals surface area (Å²) in [4.78, 5) is 37.7.